The van der Waals surface area contributed by atoms with E-state index in [9.17, 15) is 9.18 Å². The van der Waals surface area contributed by atoms with Crippen LogP contribution in [0.2, 0.25) is 5.02 Å². The number of carbonyl (C=O) groups is 1. The van der Waals surface area contributed by atoms with Gasteiger partial charge in [0, 0.05) is 56.5 Å². The van der Waals surface area contributed by atoms with E-state index in [1.54, 1.807) is 25.2 Å². The second-order valence-corrected chi connectivity index (χ2v) is 10.3. The number of hydrogen-bond donors (Lipinski definition) is 2. The number of benzene rings is 2. The fraction of sp³-hybridized carbons (Fsp3) is 0.414. The number of amidine groups is 1. The van der Waals surface area contributed by atoms with Gasteiger partial charge < -0.3 is 29.6 Å². The van der Waals surface area contributed by atoms with E-state index in [2.05, 4.69) is 32.2 Å². The van der Waals surface area contributed by atoms with E-state index >= 15 is 0 Å². The highest BCUT2D eigenvalue weighted by Gasteiger charge is 2.35. The first-order valence-electron chi connectivity index (χ1n) is 13.4. The van der Waals surface area contributed by atoms with Crippen LogP contribution in [0.4, 0.5) is 21.5 Å². The van der Waals surface area contributed by atoms with E-state index < -0.39 is 5.82 Å². The first-order chi connectivity index (χ1) is 19.9. The molecule has 12 heteroatoms. The molecule has 0 radical (unpaired) electrons. The molecule has 2 aromatic rings. The maximum Gasteiger partial charge on any atom is 0.248 e. The molecule has 3 fully saturated rings. The van der Waals surface area contributed by atoms with Gasteiger partial charge in [-0.1, -0.05) is 17.7 Å². The summed E-state index contributed by atoms with van der Waals surface area (Å²) in [5.41, 5.74) is 2.00. The van der Waals surface area contributed by atoms with Gasteiger partial charge in [-0.3, -0.25) is 19.7 Å². The van der Waals surface area contributed by atoms with Gasteiger partial charge in [-0.25, -0.2) is 4.39 Å². The molecule has 2 aromatic carbocycles. The Kier molecular flexibility index (Phi) is 9.63. The topological polar surface area (TPSA) is 106 Å². The molecule has 10 nitrogen and oxygen atoms in total. The van der Waals surface area contributed by atoms with Crippen LogP contribution in [0.25, 0.3) is 0 Å². The van der Waals surface area contributed by atoms with E-state index in [-0.39, 0.29) is 29.2 Å². The largest absolute Gasteiger partial charge is 0.486 e. The summed E-state index contributed by atoms with van der Waals surface area (Å²) in [5.74, 6) is 0.00408. The van der Waals surface area contributed by atoms with E-state index in [1.807, 2.05) is 6.08 Å². The standard InChI is InChI=1S/C29H33ClFN5O5/c1-32-23-14-25(41-19-7-9-38-17-19)24(13-20(23)29(33-2)34-18-5-6-22(31)21(30)12-18)35-28(37)4-3-8-36-15-26-27(16-36)40-11-10-39-26/h3-6,12-14,19,26-27H,1,7-11,15-17H2,2H3,(H,33,34)(H,35,37)/b4-3+/t19-,26-,27+/m0/s1. The molecule has 41 heavy (non-hydrogen) atoms. The number of hydrogen-bond acceptors (Lipinski definition) is 8. The molecule has 0 aliphatic carbocycles. The molecule has 3 atom stereocenters. The number of nitrogens with zero attached hydrogens (tertiary/aromatic N) is 3. The lowest BCUT2D eigenvalue weighted by Gasteiger charge is -2.24. The number of fused-ring (bicyclic) bond motifs is 1. The van der Waals surface area contributed by atoms with Crippen molar-refractivity contribution in [1.82, 2.24) is 4.90 Å². The third-order valence-corrected chi connectivity index (χ3v) is 7.33. The van der Waals surface area contributed by atoms with Gasteiger partial charge in [-0.05, 0) is 31.0 Å². The second kappa shape index (κ2) is 13.5. The van der Waals surface area contributed by atoms with Gasteiger partial charge >= 0.3 is 0 Å². The van der Waals surface area contributed by atoms with Gasteiger partial charge in [0.2, 0.25) is 5.91 Å². The smallest absolute Gasteiger partial charge is 0.248 e. The number of anilines is 2. The summed E-state index contributed by atoms with van der Waals surface area (Å²) in [5, 5.41) is 6.06. The fourth-order valence-electron chi connectivity index (χ4n) is 4.99. The number of ether oxygens (including phenoxy) is 4. The summed E-state index contributed by atoms with van der Waals surface area (Å²) in [6.07, 6.45) is 4.04. The predicted molar refractivity (Wildman–Crippen MR) is 157 cm³/mol. The van der Waals surface area contributed by atoms with Crippen LogP contribution >= 0.6 is 11.6 Å². The summed E-state index contributed by atoms with van der Waals surface area (Å²) in [7, 11) is 1.60. The van der Waals surface area contributed by atoms with Crippen molar-refractivity contribution in [2.24, 2.45) is 9.98 Å². The van der Waals surface area contributed by atoms with Gasteiger partial charge in [-0.2, -0.15) is 0 Å². The Labute approximate surface area is 243 Å². The van der Waals surface area contributed by atoms with Crippen LogP contribution in [0.15, 0.2) is 52.5 Å². The molecule has 1 amide bonds. The third-order valence-electron chi connectivity index (χ3n) is 7.04. The van der Waals surface area contributed by atoms with Crippen LogP contribution in [-0.2, 0) is 19.0 Å². The Morgan fingerprint density at radius 1 is 1.20 bits per heavy atom. The fourth-order valence-corrected chi connectivity index (χ4v) is 5.17. The molecule has 0 unspecified atom stereocenters. The number of rotatable bonds is 9. The lowest BCUT2D eigenvalue weighted by Crippen LogP contribution is -2.36. The number of amides is 1. The molecule has 5 rings (SSSR count). The van der Waals surface area contributed by atoms with Crippen molar-refractivity contribution in [3.05, 3.63) is 58.9 Å². The highest BCUT2D eigenvalue weighted by molar-refractivity contribution is 6.31. The molecule has 218 valence electrons. The average molecular weight is 586 g/mol. The van der Waals surface area contributed by atoms with Crippen molar-refractivity contribution < 1.29 is 28.1 Å². The van der Waals surface area contributed by atoms with Gasteiger partial charge in [0.15, 0.2) is 0 Å². The Morgan fingerprint density at radius 2 is 1.98 bits per heavy atom. The third kappa shape index (κ3) is 7.30. The summed E-state index contributed by atoms with van der Waals surface area (Å²) >= 11 is 5.96. The maximum absolute atomic E-state index is 13.7. The molecule has 0 bridgehead atoms. The minimum atomic E-state index is -0.527. The summed E-state index contributed by atoms with van der Waals surface area (Å²) in [4.78, 5) is 23.7. The lowest BCUT2D eigenvalue weighted by molar-refractivity contribution is -0.116. The first kappa shape index (κ1) is 29.2. The Morgan fingerprint density at radius 3 is 2.63 bits per heavy atom. The summed E-state index contributed by atoms with van der Waals surface area (Å²) in [6.45, 7) is 8.12. The molecule has 3 aliphatic rings. The van der Waals surface area contributed by atoms with Crippen LogP contribution in [0.5, 0.6) is 5.75 Å². The lowest BCUT2D eigenvalue weighted by atomic mass is 10.1. The number of likely N-dealkylation sites (tertiary alicyclic amines) is 1. The number of aliphatic imine (C=N–C) groups is 2. The van der Waals surface area contributed by atoms with E-state index in [0.29, 0.717) is 67.2 Å². The molecule has 0 spiro atoms. The molecular formula is C29H33ClFN5O5. The minimum Gasteiger partial charge on any atom is -0.486 e. The highest BCUT2D eigenvalue weighted by atomic mass is 35.5. The zero-order valence-electron chi connectivity index (χ0n) is 22.8. The van der Waals surface area contributed by atoms with E-state index in [0.717, 1.165) is 19.5 Å². The van der Waals surface area contributed by atoms with Gasteiger partial charge in [-0.15, -0.1) is 0 Å². The number of nitrogens with one attached hydrogen (secondary N) is 2. The molecule has 3 aliphatic heterocycles. The number of carbonyl (C=O) groups excluding carboxylic acids is 1. The molecule has 0 aromatic heterocycles. The zero-order valence-corrected chi connectivity index (χ0v) is 23.5. The van der Waals surface area contributed by atoms with Crippen molar-refractivity contribution in [3.63, 3.8) is 0 Å². The Bertz CT molecular complexity index is 1320. The van der Waals surface area contributed by atoms with Crippen LogP contribution in [-0.4, -0.2) is 94.8 Å². The molecule has 2 N–H and O–H groups in total. The van der Waals surface area contributed by atoms with Crippen molar-refractivity contribution in [2.75, 3.05) is 63.7 Å². The number of halogens is 2. The summed E-state index contributed by atoms with van der Waals surface area (Å²) in [6, 6.07) is 7.70. The van der Waals surface area contributed by atoms with Crippen LogP contribution in [0, 0.1) is 5.82 Å². The Balaban J connectivity index is 1.35. The second-order valence-electron chi connectivity index (χ2n) is 9.88. The van der Waals surface area contributed by atoms with Crippen molar-refractivity contribution in [2.45, 2.75) is 24.7 Å². The van der Waals surface area contributed by atoms with Crippen LogP contribution in [0.1, 0.15) is 12.0 Å². The van der Waals surface area contributed by atoms with Gasteiger partial charge in [0.25, 0.3) is 0 Å². The normalized spacial score (nSPS) is 23.0. The van der Waals surface area contributed by atoms with Crippen molar-refractivity contribution in [1.29, 1.82) is 0 Å². The molecule has 3 saturated heterocycles. The molecular weight excluding hydrogens is 553 g/mol. The van der Waals surface area contributed by atoms with Gasteiger partial charge in [0.1, 0.15) is 23.5 Å². The van der Waals surface area contributed by atoms with Crippen molar-refractivity contribution in [3.8, 4) is 5.75 Å². The average Bonchev–Trinajstić information content (AvgIpc) is 3.64. The molecule has 0 saturated carbocycles. The van der Waals surface area contributed by atoms with Crippen molar-refractivity contribution >= 4 is 47.1 Å². The maximum atomic E-state index is 13.7. The minimum absolute atomic E-state index is 0.0254. The highest BCUT2D eigenvalue weighted by Crippen LogP contribution is 2.36. The quantitative estimate of drug-likeness (QED) is 0.260. The van der Waals surface area contributed by atoms with Crippen LogP contribution in [0.3, 0.4) is 0 Å². The van der Waals surface area contributed by atoms with Gasteiger partial charge in [0.05, 0.1) is 55.0 Å². The Hall–Kier alpha value is -3.35. The van der Waals surface area contributed by atoms with E-state index in [1.165, 1.54) is 18.2 Å². The first-order valence-corrected chi connectivity index (χ1v) is 13.8. The molecule has 3 heterocycles. The van der Waals surface area contributed by atoms with E-state index in [4.69, 9.17) is 30.5 Å². The predicted octanol–water partition coefficient (Wildman–Crippen LogP) is 4.06. The monoisotopic (exact) mass is 585 g/mol. The summed E-state index contributed by atoms with van der Waals surface area (Å²) < 4.78 is 36.9. The zero-order chi connectivity index (χ0) is 28.8. The SMILES string of the molecule is C=Nc1cc(O[C@H]2CCOC2)c(NC(=O)/C=C/CN2C[C@@H]3OCCO[C@@H]3C2)cc1/C(=N\C)Nc1ccc(F)c(Cl)c1. The van der Waals surface area contributed by atoms with Crippen LogP contribution < -0.4 is 15.4 Å².